The Kier molecular flexibility index (Phi) is 7.05. The number of halogens is 1. The van der Waals surface area contributed by atoms with Gasteiger partial charge in [0.25, 0.3) is 5.91 Å². The molecule has 2 heterocycles. The summed E-state index contributed by atoms with van der Waals surface area (Å²) in [4.78, 5) is 27.4. The van der Waals surface area contributed by atoms with Gasteiger partial charge in [0, 0.05) is 19.3 Å². The van der Waals surface area contributed by atoms with E-state index in [0.29, 0.717) is 28.1 Å². The minimum atomic E-state index is -0.176. The molecule has 0 radical (unpaired) electrons. The van der Waals surface area contributed by atoms with Crippen LogP contribution in [0, 0.1) is 13.8 Å². The first-order valence-electron chi connectivity index (χ1n) is 10.8. The highest BCUT2D eigenvalue weighted by atomic mass is 35.5. The maximum atomic E-state index is 13.1. The van der Waals surface area contributed by atoms with Crippen LogP contribution in [0.3, 0.4) is 0 Å². The molecule has 1 aliphatic heterocycles. The van der Waals surface area contributed by atoms with Crippen LogP contribution in [0.5, 0.6) is 0 Å². The number of nitrogens with one attached hydrogen (secondary N) is 1. The van der Waals surface area contributed by atoms with Gasteiger partial charge in [-0.2, -0.15) is 0 Å². The largest absolute Gasteiger partial charge is 0.328 e. The normalized spacial score (nSPS) is 15.6. The summed E-state index contributed by atoms with van der Waals surface area (Å²) >= 11 is 7.58. The highest BCUT2D eigenvalue weighted by molar-refractivity contribution is 7.99. The van der Waals surface area contributed by atoms with E-state index in [4.69, 9.17) is 11.6 Å². The van der Waals surface area contributed by atoms with Crippen molar-refractivity contribution >= 4 is 40.9 Å². The molecule has 0 saturated carbocycles. The third kappa shape index (κ3) is 5.07. The summed E-state index contributed by atoms with van der Waals surface area (Å²) in [6, 6.07) is 12.8. The van der Waals surface area contributed by atoms with Crippen LogP contribution in [0.15, 0.2) is 47.6 Å². The molecule has 2 aromatic carbocycles. The Morgan fingerprint density at radius 1 is 1.18 bits per heavy atom. The maximum absolute atomic E-state index is 13.1. The van der Waals surface area contributed by atoms with Crippen LogP contribution >= 0.6 is 23.4 Å². The van der Waals surface area contributed by atoms with Crippen molar-refractivity contribution in [1.29, 1.82) is 0 Å². The lowest BCUT2D eigenvalue weighted by atomic mass is 10.1. The number of thioether (sulfide) groups is 1. The first kappa shape index (κ1) is 23.3. The van der Waals surface area contributed by atoms with Crippen molar-refractivity contribution < 1.29 is 9.59 Å². The molecular weight excluding hydrogens is 458 g/mol. The number of nitrogens with zero attached hydrogens (tertiary/aromatic N) is 4. The highest BCUT2D eigenvalue weighted by Gasteiger charge is 2.34. The summed E-state index contributed by atoms with van der Waals surface area (Å²) in [6.07, 6.45) is 1.69. The maximum Gasteiger partial charge on any atom is 0.255 e. The second kappa shape index (κ2) is 9.97. The molecule has 7 nitrogen and oxygen atoms in total. The van der Waals surface area contributed by atoms with Crippen LogP contribution in [0.4, 0.5) is 5.69 Å². The second-order valence-corrected chi connectivity index (χ2v) is 9.54. The fourth-order valence-corrected chi connectivity index (χ4v) is 5.01. The summed E-state index contributed by atoms with van der Waals surface area (Å²) in [6.45, 7) is 4.64. The van der Waals surface area contributed by atoms with Gasteiger partial charge in [-0.1, -0.05) is 53.2 Å². The van der Waals surface area contributed by atoms with Gasteiger partial charge in [-0.25, -0.2) is 0 Å². The molecule has 1 saturated heterocycles. The second-order valence-electron chi connectivity index (χ2n) is 8.19. The van der Waals surface area contributed by atoms with Crippen molar-refractivity contribution in [2.24, 2.45) is 7.05 Å². The predicted molar refractivity (Wildman–Crippen MR) is 131 cm³/mol. The molecule has 1 N–H and O–H groups in total. The molecule has 3 aromatic rings. The summed E-state index contributed by atoms with van der Waals surface area (Å²) in [5, 5.41) is 12.7. The van der Waals surface area contributed by atoms with Crippen LogP contribution in [0.2, 0.25) is 5.02 Å². The molecule has 1 aliphatic rings. The van der Waals surface area contributed by atoms with Crippen molar-refractivity contribution in [2.45, 2.75) is 37.9 Å². The number of rotatable bonds is 6. The molecular formula is C24H26ClN5O2S. The van der Waals surface area contributed by atoms with Crippen LogP contribution in [-0.2, 0) is 11.8 Å². The van der Waals surface area contributed by atoms with Crippen LogP contribution < -0.4 is 5.32 Å². The van der Waals surface area contributed by atoms with E-state index in [-0.39, 0.29) is 23.6 Å². The molecule has 0 aliphatic carbocycles. The van der Waals surface area contributed by atoms with E-state index >= 15 is 0 Å². The number of likely N-dealkylation sites (tertiary alicyclic amines) is 1. The number of aryl methyl sites for hydroxylation is 2. The first-order chi connectivity index (χ1) is 15.8. The summed E-state index contributed by atoms with van der Waals surface area (Å²) in [5.41, 5.74) is 3.48. The average Bonchev–Trinajstić information content (AvgIpc) is 3.40. The summed E-state index contributed by atoms with van der Waals surface area (Å²) in [7, 11) is 1.87. The Morgan fingerprint density at radius 3 is 2.73 bits per heavy atom. The molecule has 9 heteroatoms. The molecule has 2 amide bonds. The molecule has 1 aromatic heterocycles. The van der Waals surface area contributed by atoms with Crippen molar-refractivity contribution in [2.75, 3.05) is 17.6 Å². The minimum Gasteiger partial charge on any atom is -0.328 e. The van der Waals surface area contributed by atoms with E-state index in [1.54, 1.807) is 12.1 Å². The molecule has 33 heavy (non-hydrogen) atoms. The predicted octanol–water partition coefficient (Wildman–Crippen LogP) is 4.79. The van der Waals surface area contributed by atoms with E-state index in [9.17, 15) is 9.59 Å². The van der Waals surface area contributed by atoms with Crippen molar-refractivity contribution in [3.8, 4) is 0 Å². The van der Waals surface area contributed by atoms with Gasteiger partial charge < -0.3 is 14.8 Å². The third-order valence-electron chi connectivity index (χ3n) is 5.77. The smallest absolute Gasteiger partial charge is 0.255 e. The number of carbonyl (C=O) groups is 2. The summed E-state index contributed by atoms with van der Waals surface area (Å²) in [5.74, 6) is 0.720. The zero-order chi connectivity index (χ0) is 23.5. The Hall–Kier alpha value is -2.84. The molecule has 0 bridgehead atoms. The first-order valence-corrected chi connectivity index (χ1v) is 12.2. The SMILES string of the molecule is Cc1ccc(NC(=O)CSc2nnc(C3CCCN3C(=O)c3ccccc3Cl)n2C)c(C)c1. The Morgan fingerprint density at radius 2 is 1.97 bits per heavy atom. The quantitative estimate of drug-likeness (QED) is 0.510. The zero-order valence-corrected chi connectivity index (χ0v) is 20.4. The van der Waals surface area contributed by atoms with E-state index in [1.807, 2.05) is 60.7 Å². The number of anilines is 1. The number of amides is 2. The zero-order valence-electron chi connectivity index (χ0n) is 18.8. The van der Waals surface area contributed by atoms with Crippen LogP contribution in [-0.4, -0.2) is 43.8 Å². The summed E-state index contributed by atoms with van der Waals surface area (Å²) < 4.78 is 1.87. The van der Waals surface area contributed by atoms with Gasteiger partial charge in [0.2, 0.25) is 5.91 Å². The van der Waals surface area contributed by atoms with Crippen molar-refractivity contribution in [3.63, 3.8) is 0 Å². The fourth-order valence-electron chi connectivity index (χ4n) is 4.08. The van der Waals surface area contributed by atoms with Gasteiger partial charge >= 0.3 is 0 Å². The van der Waals surface area contributed by atoms with Crippen molar-refractivity contribution in [1.82, 2.24) is 19.7 Å². The van der Waals surface area contributed by atoms with E-state index in [1.165, 1.54) is 11.8 Å². The van der Waals surface area contributed by atoms with Gasteiger partial charge in [0.15, 0.2) is 11.0 Å². The number of hydrogen-bond donors (Lipinski definition) is 1. The molecule has 1 unspecified atom stereocenters. The number of hydrogen-bond acceptors (Lipinski definition) is 5. The number of aromatic nitrogens is 3. The van der Waals surface area contributed by atoms with E-state index in [0.717, 1.165) is 29.7 Å². The topological polar surface area (TPSA) is 80.1 Å². The lowest BCUT2D eigenvalue weighted by Crippen LogP contribution is -2.32. The van der Waals surface area contributed by atoms with Crippen LogP contribution in [0.25, 0.3) is 0 Å². The molecule has 4 rings (SSSR count). The molecule has 172 valence electrons. The lowest BCUT2D eigenvalue weighted by Gasteiger charge is -2.24. The molecule has 1 atom stereocenters. The van der Waals surface area contributed by atoms with Gasteiger partial charge in [0.05, 0.1) is 22.4 Å². The number of benzene rings is 2. The highest BCUT2D eigenvalue weighted by Crippen LogP contribution is 2.34. The number of carbonyl (C=O) groups excluding carboxylic acids is 2. The van der Waals surface area contributed by atoms with E-state index in [2.05, 4.69) is 15.5 Å². The minimum absolute atomic E-state index is 0.104. The Labute approximate surface area is 202 Å². The standard InChI is InChI=1S/C24H26ClN5O2S/c1-15-10-11-19(16(2)13-15)26-21(31)14-33-24-28-27-22(29(24)3)20-9-6-12-30(20)23(32)17-7-4-5-8-18(17)25/h4-5,7-8,10-11,13,20H,6,9,12,14H2,1-3H3,(H,26,31). The Balaban J connectivity index is 1.43. The van der Waals surface area contributed by atoms with E-state index < -0.39 is 0 Å². The molecule has 0 spiro atoms. The third-order valence-corrected chi connectivity index (χ3v) is 7.12. The van der Waals surface area contributed by atoms with Crippen molar-refractivity contribution in [3.05, 3.63) is 70.0 Å². The monoisotopic (exact) mass is 483 g/mol. The van der Waals surface area contributed by atoms with Crippen LogP contribution in [0.1, 0.15) is 46.2 Å². The van der Waals surface area contributed by atoms with Gasteiger partial charge in [-0.15, -0.1) is 10.2 Å². The lowest BCUT2D eigenvalue weighted by molar-refractivity contribution is -0.113. The average molecular weight is 484 g/mol. The van der Waals surface area contributed by atoms with Gasteiger partial charge in [-0.05, 0) is 50.5 Å². The molecule has 1 fully saturated rings. The fraction of sp³-hybridized carbons (Fsp3) is 0.333. The Bertz CT molecular complexity index is 1200. The van der Waals surface area contributed by atoms with Gasteiger partial charge in [0.1, 0.15) is 0 Å². The van der Waals surface area contributed by atoms with Gasteiger partial charge in [-0.3, -0.25) is 9.59 Å².